The number of nitrogens with two attached hydrogens (primary N) is 1. The number of esters is 1. The number of nitrogens with one attached hydrogen (secondary N) is 1. The summed E-state index contributed by atoms with van der Waals surface area (Å²) in [6, 6.07) is 13.4. The Bertz CT molecular complexity index is 1170. The lowest BCUT2D eigenvalue weighted by Gasteiger charge is -2.08. The Labute approximate surface area is 170 Å². The van der Waals surface area contributed by atoms with E-state index in [0.29, 0.717) is 0 Å². The molecule has 30 heavy (non-hydrogen) atoms. The number of aromatic nitrogens is 3. The van der Waals surface area contributed by atoms with Gasteiger partial charge in [-0.15, -0.1) is 0 Å². The van der Waals surface area contributed by atoms with Gasteiger partial charge in [-0.1, -0.05) is 18.2 Å². The zero-order valence-corrected chi connectivity index (χ0v) is 15.8. The molecule has 10 heteroatoms. The molecule has 1 aliphatic heterocycles. The maximum atomic E-state index is 12.4. The predicted molar refractivity (Wildman–Crippen MR) is 106 cm³/mol. The van der Waals surface area contributed by atoms with Gasteiger partial charge in [0, 0.05) is 12.7 Å². The number of anilines is 3. The summed E-state index contributed by atoms with van der Waals surface area (Å²) in [4.78, 5) is 49.6. The summed E-state index contributed by atoms with van der Waals surface area (Å²) in [5, 5.41) is 2.99. The molecule has 0 spiro atoms. The normalized spacial score (nSPS) is 12.6. The van der Waals surface area contributed by atoms with Gasteiger partial charge in [-0.2, -0.15) is 15.0 Å². The van der Waals surface area contributed by atoms with Gasteiger partial charge in [0.2, 0.25) is 11.9 Å². The number of ether oxygens (including phenoxy) is 1. The van der Waals surface area contributed by atoms with Crippen LogP contribution in [0.25, 0.3) is 0 Å². The van der Waals surface area contributed by atoms with Gasteiger partial charge in [0.05, 0.1) is 16.7 Å². The van der Waals surface area contributed by atoms with Gasteiger partial charge < -0.3 is 15.8 Å². The Kier molecular flexibility index (Phi) is 4.80. The largest absolute Gasteiger partial charge is 0.454 e. The molecule has 2 heterocycles. The van der Waals surface area contributed by atoms with E-state index in [1.807, 2.05) is 30.3 Å². The van der Waals surface area contributed by atoms with Crippen molar-refractivity contribution in [3.8, 4) is 0 Å². The third-order valence-corrected chi connectivity index (χ3v) is 4.39. The SMILES string of the molecule is CN1C(=O)c2ccc(C(=O)OCc3nc(N)nc(Nc4ccccc4)n3)cc2C1=O. The van der Waals surface area contributed by atoms with E-state index in [0.717, 1.165) is 10.6 Å². The van der Waals surface area contributed by atoms with Crippen molar-refractivity contribution in [2.24, 2.45) is 0 Å². The van der Waals surface area contributed by atoms with Crippen LogP contribution in [0.4, 0.5) is 17.6 Å². The maximum Gasteiger partial charge on any atom is 0.338 e. The van der Waals surface area contributed by atoms with E-state index in [4.69, 9.17) is 10.5 Å². The summed E-state index contributed by atoms with van der Waals surface area (Å²) in [5.74, 6) is -1.23. The Hall–Kier alpha value is -4.34. The molecule has 1 aliphatic rings. The predicted octanol–water partition coefficient (Wildman–Crippen LogP) is 1.78. The minimum absolute atomic E-state index is 0.0286. The topological polar surface area (TPSA) is 140 Å². The summed E-state index contributed by atoms with van der Waals surface area (Å²) in [5.41, 5.74) is 7.02. The Morgan fingerprint density at radius 3 is 2.53 bits per heavy atom. The molecule has 2 amide bonds. The fraction of sp³-hybridized carbons (Fsp3) is 0.100. The average molecular weight is 404 g/mol. The van der Waals surface area contributed by atoms with Gasteiger partial charge in [-0.3, -0.25) is 14.5 Å². The van der Waals surface area contributed by atoms with Crippen molar-refractivity contribution in [1.82, 2.24) is 19.9 Å². The molecule has 0 aliphatic carbocycles. The monoisotopic (exact) mass is 404 g/mol. The van der Waals surface area contributed by atoms with Crippen molar-refractivity contribution >= 4 is 35.4 Å². The summed E-state index contributed by atoms with van der Waals surface area (Å²) in [6.45, 7) is -0.251. The Balaban J connectivity index is 1.47. The van der Waals surface area contributed by atoms with Crippen LogP contribution in [0, 0.1) is 0 Å². The number of carbonyl (C=O) groups is 3. The number of carbonyl (C=O) groups excluding carboxylic acids is 3. The number of rotatable bonds is 5. The second-order valence-electron chi connectivity index (χ2n) is 6.43. The van der Waals surface area contributed by atoms with Crippen molar-refractivity contribution in [2.75, 3.05) is 18.1 Å². The minimum atomic E-state index is -0.691. The molecule has 0 atom stereocenters. The number of imide groups is 1. The molecule has 0 bridgehead atoms. The van der Waals surface area contributed by atoms with Crippen molar-refractivity contribution in [2.45, 2.75) is 6.61 Å². The zero-order chi connectivity index (χ0) is 21.3. The highest BCUT2D eigenvalue weighted by atomic mass is 16.5. The lowest BCUT2D eigenvalue weighted by molar-refractivity contribution is 0.0462. The highest BCUT2D eigenvalue weighted by Crippen LogP contribution is 2.23. The highest BCUT2D eigenvalue weighted by Gasteiger charge is 2.33. The smallest absolute Gasteiger partial charge is 0.338 e. The van der Waals surface area contributed by atoms with E-state index in [1.54, 1.807) is 0 Å². The molecule has 150 valence electrons. The summed E-state index contributed by atoms with van der Waals surface area (Å²) in [6.07, 6.45) is 0. The second-order valence-corrected chi connectivity index (χ2v) is 6.43. The first kappa shape index (κ1) is 19.0. The van der Waals surface area contributed by atoms with E-state index in [1.165, 1.54) is 25.2 Å². The zero-order valence-electron chi connectivity index (χ0n) is 15.8. The van der Waals surface area contributed by atoms with Gasteiger partial charge in [0.15, 0.2) is 12.4 Å². The van der Waals surface area contributed by atoms with Gasteiger partial charge in [-0.05, 0) is 30.3 Å². The lowest BCUT2D eigenvalue weighted by Crippen LogP contribution is -2.24. The first-order chi connectivity index (χ1) is 14.4. The average Bonchev–Trinajstić information content (AvgIpc) is 2.96. The molecule has 0 saturated carbocycles. The molecule has 0 saturated heterocycles. The van der Waals surface area contributed by atoms with Crippen LogP contribution in [0.5, 0.6) is 0 Å². The number of nitrogens with zero attached hydrogens (tertiary/aromatic N) is 4. The van der Waals surface area contributed by atoms with Crippen LogP contribution in [0.15, 0.2) is 48.5 Å². The fourth-order valence-electron chi connectivity index (χ4n) is 2.91. The van der Waals surface area contributed by atoms with Gasteiger partial charge in [0.25, 0.3) is 11.8 Å². The van der Waals surface area contributed by atoms with E-state index in [-0.39, 0.29) is 41.0 Å². The minimum Gasteiger partial charge on any atom is -0.454 e. The second kappa shape index (κ2) is 7.59. The molecule has 0 unspecified atom stereocenters. The van der Waals surface area contributed by atoms with E-state index < -0.39 is 17.8 Å². The Morgan fingerprint density at radius 1 is 1.03 bits per heavy atom. The van der Waals surface area contributed by atoms with Crippen molar-refractivity contribution in [3.05, 3.63) is 71.0 Å². The quantitative estimate of drug-likeness (QED) is 0.481. The number of hydrogen-bond acceptors (Lipinski definition) is 9. The van der Waals surface area contributed by atoms with Crippen LogP contribution >= 0.6 is 0 Å². The molecule has 0 radical (unpaired) electrons. The third-order valence-electron chi connectivity index (χ3n) is 4.39. The standard InChI is InChI=1S/C20H16N6O4/c1-26-16(27)13-8-7-11(9-14(13)17(26)28)18(29)30-10-15-23-19(21)25-20(24-15)22-12-5-3-2-4-6-12/h2-9H,10H2,1H3,(H3,21,22,23,24,25). The third kappa shape index (κ3) is 3.65. The summed E-state index contributed by atoms with van der Waals surface area (Å²) < 4.78 is 5.24. The van der Waals surface area contributed by atoms with Gasteiger partial charge in [-0.25, -0.2) is 4.79 Å². The molecular formula is C20H16N6O4. The number of nitrogen functional groups attached to an aromatic ring is 1. The number of fused-ring (bicyclic) bond motifs is 1. The van der Waals surface area contributed by atoms with E-state index in [2.05, 4.69) is 20.3 Å². The van der Waals surface area contributed by atoms with Gasteiger partial charge in [0.1, 0.15) is 0 Å². The maximum absolute atomic E-state index is 12.4. The number of amides is 2. The number of hydrogen-bond donors (Lipinski definition) is 2. The first-order valence-electron chi connectivity index (χ1n) is 8.88. The first-order valence-corrected chi connectivity index (χ1v) is 8.88. The van der Waals surface area contributed by atoms with Gasteiger partial charge >= 0.3 is 5.97 Å². The molecule has 3 aromatic rings. The van der Waals surface area contributed by atoms with Crippen LogP contribution in [-0.4, -0.2) is 44.7 Å². The van der Waals surface area contributed by atoms with E-state index >= 15 is 0 Å². The Morgan fingerprint density at radius 2 is 1.77 bits per heavy atom. The molecule has 10 nitrogen and oxygen atoms in total. The van der Waals surface area contributed by atoms with Crippen molar-refractivity contribution < 1.29 is 19.1 Å². The van der Waals surface area contributed by atoms with Crippen LogP contribution in [0.2, 0.25) is 0 Å². The summed E-state index contributed by atoms with van der Waals surface area (Å²) in [7, 11) is 1.38. The van der Waals surface area contributed by atoms with Crippen molar-refractivity contribution in [1.29, 1.82) is 0 Å². The molecule has 3 N–H and O–H groups in total. The molecule has 1 aromatic heterocycles. The number of para-hydroxylation sites is 1. The highest BCUT2D eigenvalue weighted by molar-refractivity contribution is 6.21. The summed E-state index contributed by atoms with van der Waals surface area (Å²) >= 11 is 0. The molecule has 0 fully saturated rings. The lowest BCUT2D eigenvalue weighted by atomic mass is 10.1. The van der Waals surface area contributed by atoms with Crippen LogP contribution in [-0.2, 0) is 11.3 Å². The van der Waals surface area contributed by atoms with Crippen LogP contribution in [0.3, 0.4) is 0 Å². The van der Waals surface area contributed by atoms with Crippen LogP contribution in [0.1, 0.15) is 36.9 Å². The molecule has 4 rings (SSSR count). The van der Waals surface area contributed by atoms with Crippen LogP contribution < -0.4 is 11.1 Å². The molecular weight excluding hydrogens is 388 g/mol. The molecule has 2 aromatic carbocycles. The van der Waals surface area contributed by atoms with E-state index in [9.17, 15) is 14.4 Å². The van der Waals surface area contributed by atoms with Crippen molar-refractivity contribution in [3.63, 3.8) is 0 Å². The number of benzene rings is 2. The fourth-order valence-corrected chi connectivity index (χ4v) is 2.91.